The zero-order valence-corrected chi connectivity index (χ0v) is 6.27. The smallest absolute Gasteiger partial charge is 0.139 e. The third-order valence-corrected chi connectivity index (χ3v) is 1.40. The van der Waals surface area contributed by atoms with Gasteiger partial charge in [0.25, 0.3) is 0 Å². The maximum absolute atomic E-state index is 5.68. The van der Waals surface area contributed by atoms with Crippen molar-refractivity contribution in [1.82, 2.24) is 0 Å². The van der Waals surface area contributed by atoms with Crippen LogP contribution in [0.5, 0.6) is 5.75 Å². The van der Waals surface area contributed by atoms with Gasteiger partial charge in [-0.15, -0.1) is 0 Å². The quantitative estimate of drug-likeness (QED) is 0.629. The molecule has 0 unspecified atom stereocenters. The van der Waals surface area contributed by atoms with E-state index in [1.807, 2.05) is 0 Å². The van der Waals surface area contributed by atoms with Crippen LogP contribution < -0.4 is 10.5 Å². The minimum atomic E-state index is 0.525. The van der Waals surface area contributed by atoms with Gasteiger partial charge in [-0.05, 0) is 6.07 Å². The Bertz CT molecular complexity index is 237. The van der Waals surface area contributed by atoms with Crippen LogP contribution in [0.25, 0.3) is 0 Å². The van der Waals surface area contributed by atoms with Crippen LogP contribution in [0.15, 0.2) is 12.1 Å². The maximum atomic E-state index is 5.68. The molecule has 0 fully saturated rings. The summed E-state index contributed by atoms with van der Waals surface area (Å²) < 4.78 is 4.89. The molecule has 3 heteroatoms. The Kier molecular flexibility index (Phi) is 2.02. The van der Waals surface area contributed by atoms with Crippen LogP contribution in [-0.4, -0.2) is 7.11 Å². The van der Waals surface area contributed by atoms with Crippen molar-refractivity contribution >= 4 is 17.3 Å². The fraction of sp³-hybridized carbons (Fsp3) is 0.143. The first kappa shape index (κ1) is 7.22. The molecule has 1 radical (unpaired) electrons. The first-order valence-electron chi connectivity index (χ1n) is 2.74. The van der Waals surface area contributed by atoms with Crippen molar-refractivity contribution in [2.45, 2.75) is 0 Å². The molecule has 0 saturated carbocycles. The predicted octanol–water partition coefficient (Wildman–Crippen LogP) is 1.73. The van der Waals surface area contributed by atoms with Crippen molar-refractivity contribution in [3.8, 4) is 5.75 Å². The van der Waals surface area contributed by atoms with E-state index in [9.17, 15) is 0 Å². The summed E-state index contributed by atoms with van der Waals surface area (Å²) in [6.07, 6.45) is 0. The van der Waals surface area contributed by atoms with Crippen molar-refractivity contribution in [3.63, 3.8) is 0 Å². The van der Waals surface area contributed by atoms with Gasteiger partial charge in [-0.2, -0.15) is 0 Å². The third-order valence-electron chi connectivity index (χ3n) is 1.11. The highest BCUT2D eigenvalue weighted by molar-refractivity contribution is 6.32. The molecule has 0 aromatic heterocycles. The molecular formula is C7H7ClNO. The van der Waals surface area contributed by atoms with Gasteiger partial charge < -0.3 is 10.5 Å². The Hall–Kier alpha value is -0.890. The van der Waals surface area contributed by atoms with E-state index in [0.717, 1.165) is 0 Å². The maximum Gasteiger partial charge on any atom is 0.139 e. The Labute approximate surface area is 64.6 Å². The molecule has 0 aliphatic carbocycles. The molecule has 0 atom stereocenters. The molecule has 0 aliphatic heterocycles. The lowest BCUT2D eigenvalue weighted by Gasteiger charge is -2.01. The highest BCUT2D eigenvalue weighted by Crippen LogP contribution is 2.25. The van der Waals surface area contributed by atoms with E-state index in [0.29, 0.717) is 16.5 Å². The topological polar surface area (TPSA) is 35.2 Å². The second-order valence-electron chi connectivity index (χ2n) is 1.80. The average Bonchev–Trinajstić information content (AvgIpc) is 1.94. The number of methoxy groups -OCH3 is 1. The standard InChI is InChI=1S/C7H7ClNO/c1-10-7-4-5(9)2-3-6(7)8/h3-4H,9H2,1H3. The third kappa shape index (κ3) is 1.33. The zero-order valence-electron chi connectivity index (χ0n) is 5.52. The SMILES string of the molecule is COc1cc(N)[c]cc1Cl. The van der Waals surface area contributed by atoms with Crippen LogP contribution in [0.3, 0.4) is 0 Å². The van der Waals surface area contributed by atoms with Gasteiger partial charge in [0, 0.05) is 17.8 Å². The average molecular weight is 157 g/mol. The van der Waals surface area contributed by atoms with Gasteiger partial charge in [0.2, 0.25) is 0 Å². The fourth-order valence-corrected chi connectivity index (χ4v) is 0.812. The number of hydrogen-bond acceptors (Lipinski definition) is 2. The zero-order chi connectivity index (χ0) is 7.56. The molecule has 1 aromatic rings. The first-order valence-corrected chi connectivity index (χ1v) is 3.12. The van der Waals surface area contributed by atoms with Crippen molar-refractivity contribution < 1.29 is 4.74 Å². The molecule has 1 rings (SSSR count). The fourth-order valence-electron chi connectivity index (χ4n) is 0.626. The summed E-state index contributed by atoms with van der Waals surface area (Å²) in [6, 6.07) is 5.95. The lowest BCUT2D eigenvalue weighted by molar-refractivity contribution is 0.415. The molecule has 2 nitrogen and oxygen atoms in total. The van der Waals surface area contributed by atoms with Crippen molar-refractivity contribution in [1.29, 1.82) is 0 Å². The number of ether oxygens (including phenoxy) is 1. The molecular weight excluding hydrogens is 150 g/mol. The van der Waals surface area contributed by atoms with Crippen molar-refractivity contribution in [2.24, 2.45) is 0 Å². The molecule has 2 N–H and O–H groups in total. The van der Waals surface area contributed by atoms with E-state index >= 15 is 0 Å². The highest BCUT2D eigenvalue weighted by atomic mass is 35.5. The Morgan fingerprint density at radius 3 is 2.90 bits per heavy atom. The van der Waals surface area contributed by atoms with E-state index < -0.39 is 0 Å². The van der Waals surface area contributed by atoms with Crippen LogP contribution in [-0.2, 0) is 0 Å². The summed E-state index contributed by atoms with van der Waals surface area (Å²) >= 11 is 5.68. The second kappa shape index (κ2) is 2.80. The van der Waals surface area contributed by atoms with Gasteiger partial charge in [0.15, 0.2) is 0 Å². The summed E-state index contributed by atoms with van der Waals surface area (Å²) in [5.74, 6) is 0.581. The monoisotopic (exact) mass is 156 g/mol. The van der Waals surface area contributed by atoms with E-state index in [1.54, 1.807) is 19.2 Å². The summed E-state index contributed by atoms with van der Waals surface area (Å²) in [7, 11) is 1.54. The number of benzene rings is 1. The molecule has 0 spiro atoms. The van der Waals surface area contributed by atoms with Gasteiger partial charge in [0.05, 0.1) is 12.1 Å². The van der Waals surface area contributed by atoms with Gasteiger partial charge in [0.1, 0.15) is 5.75 Å². The first-order chi connectivity index (χ1) is 4.74. The summed E-state index contributed by atoms with van der Waals surface area (Å²) in [6.45, 7) is 0. The Morgan fingerprint density at radius 2 is 2.40 bits per heavy atom. The van der Waals surface area contributed by atoms with E-state index in [-0.39, 0.29) is 0 Å². The Balaban J connectivity index is 3.09. The highest BCUT2D eigenvalue weighted by Gasteiger charge is 1.98. The number of anilines is 1. The van der Waals surface area contributed by atoms with Gasteiger partial charge in [-0.3, -0.25) is 0 Å². The van der Waals surface area contributed by atoms with Crippen LogP contribution in [0, 0.1) is 6.07 Å². The molecule has 0 saturated heterocycles. The largest absolute Gasteiger partial charge is 0.495 e. The molecule has 1 aromatic carbocycles. The Morgan fingerprint density at radius 1 is 1.70 bits per heavy atom. The lowest BCUT2D eigenvalue weighted by Crippen LogP contribution is -1.88. The van der Waals surface area contributed by atoms with Crippen LogP contribution in [0.2, 0.25) is 5.02 Å². The van der Waals surface area contributed by atoms with Crippen LogP contribution >= 0.6 is 11.6 Å². The summed E-state index contributed by atoms with van der Waals surface area (Å²) in [4.78, 5) is 0. The molecule has 0 bridgehead atoms. The second-order valence-corrected chi connectivity index (χ2v) is 2.21. The molecule has 0 heterocycles. The van der Waals surface area contributed by atoms with Crippen LogP contribution in [0.4, 0.5) is 5.69 Å². The van der Waals surface area contributed by atoms with E-state index in [2.05, 4.69) is 6.07 Å². The predicted molar refractivity (Wildman–Crippen MR) is 41.3 cm³/mol. The molecule has 0 aliphatic rings. The van der Waals surface area contributed by atoms with Crippen molar-refractivity contribution in [3.05, 3.63) is 23.2 Å². The minimum absolute atomic E-state index is 0.525. The molecule has 53 valence electrons. The number of nitrogens with two attached hydrogens (primary N) is 1. The van der Waals surface area contributed by atoms with Gasteiger partial charge in [-0.25, -0.2) is 0 Å². The normalized spacial score (nSPS) is 9.40. The number of rotatable bonds is 1. The molecule has 10 heavy (non-hydrogen) atoms. The van der Waals surface area contributed by atoms with Gasteiger partial charge >= 0.3 is 0 Å². The lowest BCUT2D eigenvalue weighted by atomic mass is 10.3. The molecule has 0 amide bonds. The van der Waals surface area contributed by atoms with Gasteiger partial charge in [-0.1, -0.05) is 11.6 Å². The summed E-state index contributed by atoms with van der Waals surface area (Å²) in [5.41, 5.74) is 5.94. The van der Waals surface area contributed by atoms with E-state index in [1.165, 1.54) is 0 Å². The number of halogens is 1. The van der Waals surface area contributed by atoms with E-state index in [4.69, 9.17) is 22.1 Å². The number of nitrogen functional groups attached to an aromatic ring is 1. The van der Waals surface area contributed by atoms with Crippen LogP contribution in [0.1, 0.15) is 0 Å². The number of hydrogen-bond donors (Lipinski definition) is 1. The summed E-state index contributed by atoms with van der Waals surface area (Å²) in [5, 5.41) is 0.525. The van der Waals surface area contributed by atoms with Crippen molar-refractivity contribution in [2.75, 3.05) is 12.8 Å². The minimum Gasteiger partial charge on any atom is -0.495 e.